The van der Waals surface area contributed by atoms with Crippen LogP contribution in [-0.4, -0.2) is 84.4 Å². The molecule has 0 radical (unpaired) electrons. The van der Waals surface area contributed by atoms with E-state index in [-0.39, 0.29) is 18.3 Å². The van der Waals surface area contributed by atoms with E-state index in [0.717, 1.165) is 64.8 Å². The van der Waals surface area contributed by atoms with Gasteiger partial charge in [-0.1, -0.05) is 0 Å². The summed E-state index contributed by atoms with van der Waals surface area (Å²) >= 11 is 0. The molecule has 7 nitrogen and oxygen atoms in total. The molecule has 3 aliphatic heterocycles. The number of carbonyl (C=O) groups excluding carboxylic acids is 2. The van der Waals surface area contributed by atoms with Gasteiger partial charge in [0, 0.05) is 44.8 Å². The van der Waals surface area contributed by atoms with Crippen LogP contribution < -0.4 is 0 Å². The molecular formula is C19H31N3O4. The largest absolute Gasteiger partial charge is 0.450 e. The van der Waals surface area contributed by atoms with E-state index in [9.17, 15) is 9.59 Å². The number of piperidine rings is 1. The van der Waals surface area contributed by atoms with Gasteiger partial charge in [0.2, 0.25) is 0 Å². The van der Waals surface area contributed by atoms with E-state index in [2.05, 4.69) is 4.90 Å². The fourth-order valence-corrected chi connectivity index (χ4v) is 5.07. The van der Waals surface area contributed by atoms with Crippen molar-refractivity contribution in [1.29, 1.82) is 0 Å². The van der Waals surface area contributed by atoms with Gasteiger partial charge >= 0.3 is 12.2 Å². The van der Waals surface area contributed by atoms with Gasteiger partial charge in [-0.05, 0) is 51.4 Å². The van der Waals surface area contributed by atoms with E-state index in [1.807, 2.05) is 16.7 Å². The molecule has 1 saturated carbocycles. The van der Waals surface area contributed by atoms with Crippen molar-refractivity contribution in [3.63, 3.8) is 0 Å². The zero-order chi connectivity index (χ0) is 18.1. The maximum absolute atomic E-state index is 12.2. The zero-order valence-corrected chi connectivity index (χ0v) is 15.8. The first-order chi connectivity index (χ1) is 12.6. The van der Waals surface area contributed by atoms with Crippen molar-refractivity contribution in [2.75, 3.05) is 39.3 Å². The van der Waals surface area contributed by atoms with Gasteiger partial charge in [-0.3, -0.25) is 4.90 Å². The van der Waals surface area contributed by atoms with Crippen LogP contribution in [0.4, 0.5) is 9.59 Å². The van der Waals surface area contributed by atoms with Crippen LogP contribution in [0.1, 0.15) is 45.4 Å². The van der Waals surface area contributed by atoms with Gasteiger partial charge in [0.05, 0.1) is 6.61 Å². The van der Waals surface area contributed by atoms with Crippen LogP contribution in [0.5, 0.6) is 0 Å². The van der Waals surface area contributed by atoms with Crippen LogP contribution in [0, 0.1) is 5.92 Å². The van der Waals surface area contributed by atoms with Crippen LogP contribution in [-0.2, 0) is 9.47 Å². The SMILES string of the molecule is CCOC(=O)N1CCC2CC(N3CC(OC(=O)N4CCCC4)C3)CC1C2. The lowest BCUT2D eigenvalue weighted by molar-refractivity contribution is -0.0691. The molecule has 7 heteroatoms. The van der Waals surface area contributed by atoms with Crippen molar-refractivity contribution in [2.24, 2.45) is 5.92 Å². The molecule has 2 bridgehead atoms. The first kappa shape index (κ1) is 17.9. The number of ether oxygens (including phenoxy) is 2. The fourth-order valence-electron chi connectivity index (χ4n) is 5.07. The third-order valence-corrected chi connectivity index (χ3v) is 6.50. The molecule has 26 heavy (non-hydrogen) atoms. The first-order valence-electron chi connectivity index (χ1n) is 10.3. The highest BCUT2D eigenvalue weighted by Gasteiger charge is 2.44. The van der Waals surface area contributed by atoms with E-state index < -0.39 is 0 Å². The third-order valence-electron chi connectivity index (χ3n) is 6.50. The summed E-state index contributed by atoms with van der Waals surface area (Å²) in [6.07, 6.45) is 6.33. The number of hydrogen-bond acceptors (Lipinski definition) is 5. The monoisotopic (exact) mass is 365 g/mol. The molecular weight excluding hydrogens is 334 g/mol. The highest BCUT2D eigenvalue weighted by molar-refractivity contribution is 5.68. The molecule has 3 saturated heterocycles. The Morgan fingerprint density at radius 1 is 0.962 bits per heavy atom. The van der Waals surface area contributed by atoms with E-state index >= 15 is 0 Å². The summed E-state index contributed by atoms with van der Waals surface area (Å²) < 4.78 is 10.9. The third kappa shape index (κ3) is 3.63. The summed E-state index contributed by atoms with van der Waals surface area (Å²) in [6.45, 7) is 6.47. The normalized spacial score (nSPS) is 32.3. The second kappa shape index (κ2) is 7.62. The Morgan fingerprint density at radius 3 is 2.42 bits per heavy atom. The van der Waals surface area contributed by atoms with Gasteiger partial charge in [-0.2, -0.15) is 0 Å². The summed E-state index contributed by atoms with van der Waals surface area (Å²) in [5.74, 6) is 0.704. The summed E-state index contributed by atoms with van der Waals surface area (Å²) in [5, 5.41) is 0. The number of carbonyl (C=O) groups is 2. The lowest BCUT2D eigenvalue weighted by Crippen LogP contribution is -2.61. The number of fused-ring (bicyclic) bond motifs is 2. The standard InChI is InChI=1S/C19H31N3O4/c1-2-25-19(24)22-8-5-14-9-15(11-16(22)10-14)21-12-17(13-21)26-18(23)20-6-3-4-7-20/h14-17H,2-13H2,1H3. The predicted octanol–water partition coefficient (Wildman–Crippen LogP) is 2.30. The number of likely N-dealkylation sites (tertiary alicyclic amines) is 3. The van der Waals surface area contributed by atoms with Crippen molar-refractivity contribution in [1.82, 2.24) is 14.7 Å². The molecule has 3 unspecified atom stereocenters. The topological polar surface area (TPSA) is 62.3 Å². The van der Waals surface area contributed by atoms with Crippen LogP contribution in [0.25, 0.3) is 0 Å². The van der Waals surface area contributed by atoms with Crippen LogP contribution in [0.3, 0.4) is 0 Å². The molecule has 3 heterocycles. The van der Waals surface area contributed by atoms with Crippen molar-refractivity contribution in [3.05, 3.63) is 0 Å². The van der Waals surface area contributed by atoms with Gasteiger partial charge in [-0.25, -0.2) is 9.59 Å². The summed E-state index contributed by atoms with van der Waals surface area (Å²) in [4.78, 5) is 30.5. The maximum atomic E-state index is 12.2. The van der Waals surface area contributed by atoms with Gasteiger partial charge in [0.15, 0.2) is 0 Å². The van der Waals surface area contributed by atoms with E-state index in [1.165, 1.54) is 6.42 Å². The van der Waals surface area contributed by atoms with Crippen LogP contribution >= 0.6 is 0 Å². The average Bonchev–Trinajstić information content (AvgIpc) is 3.12. The Kier molecular flexibility index (Phi) is 5.25. The van der Waals surface area contributed by atoms with E-state index in [1.54, 1.807) is 0 Å². The molecule has 4 fully saturated rings. The van der Waals surface area contributed by atoms with Crippen molar-refractivity contribution < 1.29 is 19.1 Å². The lowest BCUT2D eigenvalue weighted by atomic mass is 9.76. The zero-order valence-electron chi connectivity index (χ0n) is 15.8. The van der Waals surface area contributed by atoms with Crippen LogP contribution in [0.15, 0.2) is 0 Å². The Balaban J connectivity index is 1.26. The second-order valence-electron chi connectivity index (χ2n) is 8.22. The van der Waals surface area contributed by atoms with E-state index in [4.69, 9.17) is 9.47 Å². The summed E-state index contributed by atoms with van der Waals surface area (Å²) in [5.41, 5.74) is 0. The van der Waals surface area contributed by atoms with Gasteiger partial charge < -0.3 is 19.3 Å². The number of hydrogen-bond donors (Lipinski definition) is 0. The quantitative estimate of drug-likeness (QED) is 0.768. The molecule has 0 aromatic carbocycles. The number of rotatable bonds is 3. The Morgan fingerprint density at radius 2 is 1.69 bits per heavy atom. The first-order valence-corrected chi connectivity index (χ1v) is 10.3. The van der Waals surface area contributed by atoms with Crippen molar-refractivity contribution in [3.8, 4) is 0 Å². The molecule has 0 aromatic heterocycles. The smallest absolute Gasteiger partial charge is 0.410 e. The van der Waals surface area contributed by atoms with Gasteiger partial charge in [0.25, 0.3) is 0 Å². The average molecular weight is 365 g/mol. The Labute approximate surface area is 155 Å². The highest BCUT2D eigenvalue weighted by atomic mass is 16.6. The van der Waals surface area contributed by atoms with Gasteiger partial charge in [-0.15, -0.1) is 0 Å². The number of nitrogens with zero attached hydrogens (tertiary/aromatic N) is 3. The van der Waals surface area contributed by atoms with Gasteiger partial charge in [0.1, 0.15) is 6.10 Å². The fraction of sp³-hybridized carbons (Fsp3) is 0.895. The van der Waals surface area contributed by atoms with Crippen LogP contribution in [0.2, 0.25) is 0 Å². The molecule has 3 atom stereocenters. The molecule has 0 aromatic rings. The summed E-state index contributed by atoms with van der Waals surface area (Å²) in [6, 6.07) is 0.801. The highest BCUT2D eigenvalue weighted by Crippen LogP contribution is 2.38. The molecule has 2 amide bonds. The molecule has 0 spiro atoms. The molecule has 0 N–H and O–H groups in total. The molecule has 4 rings (SSSR count). The van der Waals surface area contributed by atoms with E-state index in [0.29, 0.717) is 24.6 Å². The van der Waals surface area contributed by atoms with Crippen molar-refractivity contribution in [2.45, 2.75) is 63.6 Å². The minimum Gasteiger partial charge on any atom is -0.450 e. The minimum absolute atomic E-state index is 0.0334. The molecule has 4 aliphatic rings. The molecule has 146 valence electrons. The Bertz CT molecular complexity index is 531. The predicted molar refractivity (Wildman–Crippen MR) is 95.9 cm³/mol. The minimum atomic E-state index is -0.155. The lowest BCUT2D eigenvalue weighted by Gasteiger charge is -2.51. The summed E-state index contributed by atoms with van der Waals surface area (Å²) in [7, 11) is 0. The molecule has 1 aliphatic carbocycles. The maximum Gasteiger partial charge on any atom is 0.410 e. The second-order valence-corrected chi connectivity index (χ2v) is 8.22. The number of amides is 2. The Hall–Kier alpha value is -1.50. The van der Waals surface area contributed by atoms with Crippen molar-refractivity contribution >= 4 is 12.2 Å².